The molecule has 1 unspecified atom stereocenters. The van der Waals surface area contributed by atoms with E-state index >= 15 is 0 Å². The Labute approximate surface area is 396 Å². The summed E-state index contributed by atoms with van der Waals surface area (Å²) in [4.78, 5) is 71.8. The van der Waals surface area contributed by atoms with Crippen molar-refractivity contribution in [1.29, 1.82) is 0 Å². The molecule has 4 N–H and O–H groups in total. The van der Waals surface area contributed by atoms with Crippen molar-refractivity contribution in [2.24, 2.45) is 12.5 Å². The summed E-state index contributed by atoms with van der Waals surface area (Å²) in [7, 11) is 1.64. The van der Waals surface area contributed by atoms with Crippen molar-refractivity contribution < 1.29 is 19.5 Å². The number of carbonyl (C=O) groups excluding carboxylic acids is 3. The van der Waals surface area contributed by atoms with Crippen molar-refractivity contribution in [3.63, 3.8) is 0 Å². The molecule has 3 aromatic heterocycles. The molecule has 4 aliphatic heterocycles. The number of hydrogen-bond acceptors (Lipinski definition) is 11. The summed E-state index contributed by atoms with van der Waals surface area (Å²) in [6.45, 7) is 19.2. The molecule has 0 radical (unpaired) electrons. The number of hydrogen-bond donors (Lipinski definition) is 4. The molecule has 2 saturated heterocycles. The zero-order chi connectivity index (χ0) is 47.8. The summed E-state index contributed by atoms with van der Waals surface area (Å²) in [5.41, 5.74) is 8.77. The highest BCUT2D eigenvalue weighted by Gasteiger charge is 2.41. The number of piperazine rings is 1. The van der Waals surface area contributed by atoms with Crippen LogP contribution in [0.4, 0.5) is 40.1 Å². The Balaban J connectivity index is 0.853. The third-order valence-corrected chi connectivity index (χ3v) is 14.9. The van der Waals surface area contributed by atoms with Gasteiger partial charge in [-0.3, -0.25) is 29.0 Å². The zero-order valence-corrected chi connectivity index (χ0v) is 39.9. The number of nitrogens with one attached hydrogen (secondary N) is 3. The fourth-order valence-electron chi connectivity index (χ4n) is 11.3. The first-order valence-electron chi connectivity index (χ1n) is 23.8. The Morgan fingerprint density at radius 1 is 0.971 bits per heavy atom. The molecule has 5 aliphatic rings. The van der Waals surface area contributed by atoms with Crippen LogP contribution in [0, 0.1) is 5.41 Å². The molecule has 68 heavy (non-hydrogen) atoms. The molecule has 2 fully saturated rings. The number of anilines is 7. The molecule has 3 amide bonds. The summed E-state index contributed by atoms with van der Waals surface area (Å²) in [6.07, 6.45) is 8.33. The van der Waals surface area contributed by atoms with Crippen LogP contribution in [0.2, 0.25) is 0 Å². The van der Waals surface area contributed by atoms with Crippen molar-refractivity contribution in [2.75, 3.05) is 69.9 Å². The lowest BCUT2D eigenvalue weighted by Gasteiger charge is -2.47. The molecule has 5 aromatic rings. The summed E-state index contributed by atoms with van der Waals surface area (Å²) in [5, 5.41) is 20.2. The van der Waals surface area contributed by atoms with Crippen LogP contribution >= 0.6 is 0 Å². The van der Waals surface area contributed by atoms with E-state index in [4.69, 9.17) is 4.98 Å². The third kappa shape index (κ3) is 7.82. The SMILES string of the molecule is C=CC(=O)Nc1cc(Nc2nc(-c3ccnc(N4CCn5c(cc6c5CC(C)(C)C6)C4=O)c3CO)cn(C)c2=O)ccc1N1CCN(C2CCN(c3cccc4c3NC(=O)C4(C)C)CC2)CC1C. The number of amides is 3. The normalized spacial score (nSPS) is 19.9. The minimum atomic E-state index is -0.545. The molecule has 16 nitrogen and oxygen atoms in total. The van der Waals surface area contributed by atoms with Crippen molar-refractivity contribution in [3.8, 4) is 11.3 Å². The van der Waals surface area contributed by atoms with Crippen LogP contribution in [-0.4, -0.2) is 98.2 Å². The number of pyridine rings is 1. The first kappa shape index (κ1) is 45.0. The minimum Gasteiger partial charge on any atom is -0.392 e. The smallest absolute Gasteiger partial charge is 0.293 e. The maximum absolute atomic E-state index is 14.1. The van der Waals surface area contributed by atoms with Gasteiger partial charge >= 0.3 is 0 Å². The van der Waals surface area contributed by atoms with Gasteiger partial charge in [-0.2, -0.15) is 0 Å². The van der Waals surface area contributed by atoms with Gasteiger partial charge in [0.15, 0.2) is 5.82 Å². The predicted octanol–water partition coefficient (Wildman–Crippen LogP) is 6.20. The van der Waals surface area contributed by atoms with E-state index in [1.165, 1.54) is 21.9 Å². The summed E-state index contributed by atoms with van der Waals surface area (Å²) >= 11 is 0. The van der Waals surface area contributed by atoms with E-state index in [1.807, 2.05) is 38.1 Å². The van der Waals surface area contributed by atoms with E-state index in [0.29, 0.717) is 58.8 Å². The van der Waals surface area contributed by atoms with Gasteiger partial charge in [0, 0.05) is 99.8 Å². The van der Waals surface area contributed by atoms with Gasteiger partial charge in [-0.05, 0) is 105 Å². The molecule has 16 heteroatoms. The Hall–Kier alpha value is -6.78. The number of benzene rings is 2. The van der Waals surface area contributed by atoms with E-state index in [1.54, 1.807) is 30.4 Å². The van der Waals surface area contributed by atoms with Crippen LogP contribution in [-0.2, 0) is 48.0 Å². The van der Waals surface area contributed by atoms with E-state index in [9.17, 15) is 24.3 Å². The van der Waals surface area contributed by atoms with Gasteiger partial charge < -0.3 is 40.0 Å². The number of aromatic nitrogens is 4. The molecule has 1 atom stereocenters. The number of carbonyl (C=O) groups is 3. The maximum Gasteiger partial charge on any atom is 0.293 e. The number of aliphatic hydroxyl groups is 1. The molecule has 1 aliphatic carbocycles. The molecule has 0 spiro atoms. The quantitative estimate of drug-likeness (QED) is 0.118. The minimum absolute atomic E-state index is 0.0404. The number of rotatable bonds is 10. The molecule has 2 aromatic carbocycles. The third-order valence-electron chi connectivity index (χ3n) is 14.9. The number of para-hydroxylation sites is 1. The van der Waals surface area contributed by atoms with Crippen LogP contribution in [0.3, 0.4) is 0 Å². The Kier molecular flexibility index (Phi) is 11.3. The van der Waals surface area contributed by atoms with Gasteiger partial charge in [0.2, 0.25) is 11.8 Å². The first-order chi connectivity index (χ1) is 32.5. The molecular weight excluding hydrogens is 859 g/mol. The zero-order valence-electron chi connectivity index (χ0n) is 39.9. The largest absolute Gasteiger partial charge is 0.392 e. The second-order valence-electron chi connectivity index (χ2n) is 20.4. The lowest BCUT2D eigenvalue weighted by atomic mass is 9.86. The van der Waals surface area contributed by atoms with E-state index in [0.717, 1.165) is 81.0 Å². The fraction of sp³-hybridized carbons (Fsp3) is 0.423. The standard InChI is InChI=1S/C52H61N11O5/c1-8-44(65)55-38-25-33(12-13-40(38)61-21-20-60(28-31(61)2)34-15-18-59(19-16-34)41-11-9-10-37-45(41)57-50(68)52(37,5)6)54-46-49(67)58(7)29-39(56-46)35-14-17-53-47(36(35)30-64)63-23-22-62-42(48(63)66)24-32-26-51(3,4)27-43(32)62/h8-14,17,24-25,29,31,34,64H,1,15-16,18-23,26-28,30H2,2-7H3,(H,54,56)(H,55,65)(H,57,68). The number of aliphatic hydroxyl groups excluding tert-OH is 1. The number of nitrogens with zero attached hydrogens (tertiary/aromatic N) is 8. The maximum atomic E-state index is 14.1. The monoisotopic (exact) mass is 919 g/mol. The van der Waals surface area contributed by atoms with Crippen LogP contribution in [0.25, 0.3) is 11.3 Å². The van der Waals surface area contributed by atoms with Gasteiger partial charge in [0.25, 0.3) is 11.5 Å². The lowest BCUT2D eigenvalue weighted by Crippen LogP contribution is -2.57. The molecule has 0 bridgehead atoms. The summed E-state index contributed by atoms with van der Waals surface area (Å²) < 4.78 is 3.58. The summed E-state index contributed by atoms with van der Waals surface area (Å²) in [6, 6.07) is 16.2. The number of piperidine rings is 1. The number of fused-ring (bicyclic) bond motifs is 4. The van der Waals surface area contributed by atoms with Gasteiger partial charge in [-0.15, -0.1) is 0 Å². The van der Waals surface area contributed by atoms with Crippen LogP contribution in [0.5, 0.6) is 0 Å². The van der Waals surface area contributed by atoms with Crippen molar-refractivity contribution in [1.82, 2.24) is 24.0 Å². The Bertz CT molecular complexity index is 2940. The highest BCUT2D eigenvalue weighted by molar-refractivity contribution is 6.09. The van der Waals surface area contributed by atoms with E-state index < -0.39 is 12.0 Å². The molecule has 354 valence electrons. The molecular formula is C52H61N11O5. The average molecular weight is 920 g/mol. The number of aryl methyl sites for hydroxylation is 1. The highest BCUT2D eigenvalue weighted by Crippen LogP contribution is 2.44. The van der Waals surface area contributed by atoms with Crippen LogP contribution in [0.15, 0.2) is 78.4 Å². The van der Waals surface area contributed by atoms with Crippen molar-refractivity contribution >= 4 is 57.8 Å². The first-order valence-corrected chi connectivity index (χ1v) is 23.8. The van der Waals surface area contributed by atoms with Gasteiger partial charge in [0.05, 0.1) is 40.5 Å². The molecule has 10 rings (SSSR count). The molecule has 0 saturated carbocycles. The van der Waals surface area contributed by atoms with Gasteiger partial charge in [-0.25, -0.2) is 9.97 Å². The highest BCUT2D eigenvalue weighted by atomic mass is 16.3. The van der Waals surface area contributed by atoms with Crippen LogP contribution < -0.4 is 36.2 Å². The van der Waals surface area contributed by atoms with Crippen molar-refractivity contribution in [2.45, 2.75) is 91.0 Å². The van der Waals surface area contributed by atoms with E-state index in [-0.39, 0.29) is 40.6 Å². The lowest BCUT2D eigenvalue weighted by molar-refractivity contribution is -0.119. The Morgan fingerprint density at radius 3 is 2.51 bits per heavy atom. The Morgan fingerprint density at radius 2 is 1.76 bits per heavy atom. The molecule has 7 heterocycles. The second-order valence-corrected chi connectivity index (χ2v) is 20.4. The second kappa shape index (κ2) is 17.1. The predicted molar refractivity (Wildman–Crippen MR) is 266 cm³/mol. The van der Waals surface area contributed by atoms with Crippen molar-refractivity contribution in [3.05, 3.63) is 112 Å². The topological polar surface area (TPSA) is 173 Å². The van der Waals surface area contributed by atoms with E-state index in [2.05, 4.69) is 85.8 Å². The summed E-state index contributed by atoms with van der Waals surface area (Å²) in [5.74, 6) is -0.0762. The van der Waals surface area contributed by atoms with Gasteiger partial charge in [-0.1, -0.05) is 32.6 Å². The van der Waals surface area contributed by atoms with Gasteiger partial charge in [0.1, 0.15) is 11.5 Å². The van der Waals surface area contributed by atoms with Crippen LogP contribution in [0.1, 0.15) is 80.3 Å². The average Bonchev–Trinajstić information content (AvgIpc) is 3.90. The fourth-order valence-corrected chi connectivity index (χ4v) is 11.3.